The number of H-pyrrole nitrogens is 2. The molecule has 114 valence electrons. The Morgan fingerprint density at radius 1 is 1.25 bits per heavy atom. The average molecular weight is 304 g/mol. The Morgan fingerprint density at radius 2 is 1.95 bits per heavy atom. The molecule has 1 heterocycles. The van der Waals surface area contributed by atoms with E-state index in [0.29, 0.717) is 24.6 Å². The number of nitrogens with one attached hydrogen (secondary N) is 2. The van der Waals surface area contributed by atoms with E-state index in [2.05, 4.69) is 26.9 Å². The van der Waals surface area contributed by atoms with Crippen LogP contribution in [0.5, 0.6) is 5.75 Å². The van der Waals surface area contributed by atoms with Crippen LogP contribution < -0.4 is 10.3 Å². The summed E-state index contributed by atoms with van der Waals surface area (Å²) >= 11 is 4.68. The van der Waals surface area contributed by atoms with Gasteiger partial charge in [-0.25, -0.2) is 4.79 Å². The van der Waals surface area contributed by atoms with Crippen molar-refractivity contribution in [3.8, 4) is 5.75 Å². The van der Waals surface area contributed by atoms with Gasteiger partial charge >= 0.3 is 5.97 Å². The number of aromatic nitrogens is 2. The quantitative estimate of drug-likeness (QED) is 0.610. The number of hydrogen-bond acceptors (Lipinski definition) is 6. The highest BCUT2D eigenvalue weighted by Crippen LogP contribution is 1.96. The first-order valence-corrected chi connectivity index (χ1v) is 6.64. The number of esters is 1. The van der Waals surface area contributed by atoms with E-state index in [1.165, 1.54) is 6.20 Å². The summed E-state index contributed by atoms with van der Waals surface area (Å²) in [4.78, 5) is 26.5. The molecule has 0 saturated heterocycles. The van der Waals surface area contributed by atoms with Gasteiger partial charge in [-0.2, -0.15) is 0 Å². The Labute approximate surface area is 122 Å². The number of carbonyl (C=O) groups excluding carboxylic acids is 1. The van der Waals surface area contributed by atoms with Crippen LogP contribution in [0.4, 0.5) is 0 Å². The molecular formula is C12H20N2O5S. The molecule has 0 aliphatic rings. The summed E-state index contributed by atoms with van der Waals surface area (Å²) in [5, 5.41) is 0. The minimum Gasteiger partial charge on any atom is -0.487 e. The van der Waals surface area contributed by atoms with Crippen LogP contribution in [0.15, 0.2) is 11.0 Å². The van der Waals surface area contributed by atoms with E-state index >= 15 is 0 Å². The second-order valence-corrected chi connectivity index (χ2v) is 3.72. The van der Waals surface area contributed by atoms with Crippen molar-refractivity contribution < 1.29 is 19.0 Å². The SMILES string of the molecule is CCOCC(=O)OCC.CCOc1c[nH]c(=S)[nH]c1=O. The molecule has 0 saturated carbocycles. The summed E-state index contributed by atoms with van der Waals surface area (Å²) in [7, 11) is 0. The zero-order chi connectivity index (χ0) is 15.4. The normalized spacial score (nSPS) is 9.35. The van der Waals surface area contributed by atoms with Crippen LogP contribution in [0.2, 0.25) is 0 Å². The van der Waals surface area contributed by atoms with Crippen LogP contribution in [-0.2, 0) is 14.3 Å². The van der Waals surface area contributed by atoms with Crippen molar-refractivity contribution in [3.05, 3.63) is 21.3 Å². The van der Waals surface area contributed by atoms with E-state index in [-0.39, 0.29) is 23.9 Å². The molecule has 0 unspecified atom stereocenters. The summed E-state index contributed by atoms with van der Waals surface area (Å²) in [5.41, 5.74) is -0.296. The molecule has 0 amide bonds. The standard InChI is InChI=1S/C6H8N2O2S.C6H12O3/c1-2-10-4-3-7-6(11)8-5(4)9;1-3-8-5-6(7)9-4-2/h3H,2H2,1H3,(H2,7,8,9,11);3-5H2,1-2H3. The van der Waals surface area contributed by atoms with Gasteiger partial charge in [0.1, 0.15) is 6.61 Å². The second-order valence-electron chi connectivity index (χ2n) is 3.31. The minimum absolute atomic E-state index is 0.0737. The summed E-state index contributed by atoms with van der Waals surface area (Å²) in [6.07, 6.45) is 1.45. The molecule has 0 bridgehead atoms. The highest BCUT2D eigenvalue weighted by molar-refractivity contribution is 7.71. The van der Waals surface area contributed by atoms with Crippen molar-refractivity contribution in [1.82, 2.24) is 9.97 Å². The number of ether oxygens (including phenoxy) is 3. The summed E-state index contributed by atoms with van der Waals surface area (Å²) in [6.45, 7) is 6.92. The Kier molecular flexibility index (Phi) is 10.2. The first-order valence-electron chi connectivity index (χ1n) is 6.23. The van der Waals surface area contributed by atoms with Gasteiger partial charge < -0.3 is 19.2 Å². The monoisotopic (exact) mass is 304 g/mol. The van der Waals surface area contributed by atoms with Gasteiger partial charge in [0.25, 0.3) is 5.56 Å². The third-order valence-corrected chi connectivity index (χ3v) is 2.03. The highest BCUT2D eigenvalue weighted by atomic mass is 32.1. The van der Waals surface area contributed by atoms with Gasteiger partial charge in [-0.1, -0.05) is 0 Å². The molecule has 0 radical (unpaired) electrons. The van der Waals surface area contributed by atoms with E-state index in [1.54, 1.807) is 13.8 Å². The zero-order valence-corrected chi connectivity index (χ0v) is 12.7. The molecule has 1 aromatic rings. The molecule has 1 rings (SSSR count). The fraction of sp³-hybridized carbons (Fsp3) is 0.583. The fourth-order valence-electron chi connectivity index (χ4n) is 1.05. The first kappa shape index (κ1) is 18.3. The second kappa shape index (κ2) is 11.2. The van der Waals surface area contributed by atoms with E-state index in [9.17, 15) is 9.59 Å². The van der Waals surface area contributed by atoms with Gasteiger partial charge in [0.15, 0.2) is 4.77 Å². The van der Waals surface area contributed by atoms with Crippen molar-refractivity contribution in [2.45, 2.75) is 20.8 Å². The summed E-state index contributed by atoms with van der Waals surface area (Å²) in [5.74, 6) is -0.0274. The average Bonchev–Trinajstić information content (AvgIpc) is 2.41. The van der Waals surface area contributed by atoms with E-state index in [1.807, 2.05) is 6.92 Å². The van der Waals surface area contributed by atoms with Crippen LogP contribution in [0, 0.1) is 4.77 Å². The molecule has 2 N–H and O–H groups in total. The molecule has 1 aromatic heterocycles. The smallest absolute Gasteiger partial charge is 0.332 e. The Bertz CT molecular complexity index is 497. The topological polar surface area (TPSA) is 93.4 Å². The lowest BCUT2D eigenvalue weighted by Gasteiger charge is -1.99. The third-order valence-electron chi connectivity index (χ3n) is 1.81. The number of rotatable bonds is 6. The van der Waals surface area contributed by atoms with Crippen LogP contribution in [0.1, 0.15) is 20.8 Å². The van der Waals surface area contributed by atoms with Crippen LogP contribution in [0.3, 0.4) is 0 Å². The van der Waals surface area contributed by atoms with Crippen molar-refractivity contribution in [3.63, 3.8) is 0 Å². The summed E-state index contributed by atoms with van der Waals surface area (Å²) < 4.78 is 14.6. The van der Waals surface area contributed by atoms with Gasteiger partial charge in [-0.3, -0.25) is 9.78 Å². The van der Waals surface area contributed by atoms with E-state index in [0.717, 1.165) is 0 Å². The van der Waals surface area contributed by atoms with Crippen LogP contribution >= 0.6 is 12.2 Å². The number of carbonyl (C=O) groups is 1. The molecule has 8 heteroatoms. The van der Waals surface area contributed by atoms with Gasteiger partial charge in [0, 0.05) is 6.61 Å². The van der Waals surface area contributed by atoms with Crippen molar-refractivity contribution in [2.75, 3.05) is 26.4 Å². The van der Waals surface area contributed by atoms with Crippen molar-refractivity contribution >= 4 is 18.2 Å². The fourth-order valence-corrected chi connectivity index (χ4v) is 1.20. The number of hydrogen-bond donors (Lipinski definition) is 2. The van der Waals surface area contributed by atoms with Gasteiger partial charge in [0.2, 0.25) is 5.75 Å². The van der Waals surface area contributed by atoms with E-state index < -0.39 is 0 Å². The zero-order valence-electron chi connectivity index (χ0n) is 11.9. The molecular weight excluding hydrogens is 284 g/mol. The van der Waals surface area contributed by atoms with Gasteiger partial charge in [0.05, 0.1) is 19.4 Å². The maximum absolute atomic E-state index is 11.0. The molecule has 20 heavy (non-hydrogen) atoms. The number of aromatic amines is 2. The van der Waals surface area contributed by atoms with E-state index in [4.69, 9.17) is 9.47 Å². The highest BCUT2D eigenvalue weighted by Gasteiger charge is 1.98. The molecule has 0 atom stereocenters. The van der Waals surface area contributed by atoms with Crippen molar-refractivity contribution in [2.24, 2.45) is 0 Å². The Morgan fingerprint density at radius 3 is 2.45 bits per heavy atom. The lowest BCUT2D eigenvalue weighted by molar-refractivity contribution is -0.148. The predicted molar refractivity (Wildman–Crippen MR) is 76.5 cm³/mol. The first-order chi connectivity index (χ1) is 9.54. The summed E-state index contributed by atoms with van der Waals surface area (Å²) in [6, 6.07) is 0. The third kappa shape index (κ3) is 8.44. The Balaban J connectivity index is 0.000000370. The molecule has 0 spiro atoms. The largest absolute Gasteiger partial charge is 0.487 e. The molecule has 0 aromatic carbocycles. The maximum atomic E-state index is 11.0. The minimum atomic E-state index is -0.296. The van der Waals surface area contributed by atoms with Gasteiger partial charge in [-0.15, -0.1) is 0 Å². The predicted octanol–water partition coefficient (Wildman–Crippen LogP) is 1.42. The van der Waals surface area contributed by atoms with Crippen LogP contribution in [-0.4, -0.2) is 42.4 Å². The molecule has 0 aliphatic carbocycles. The molecule has 7 nitrogen and oxygen atoms in total. The van der Waals surface area contributed by atoms with Crippen LogP contribution in [0.25, 0.3) is 0 Å². The van der Waals surface area contributed by atoms with Gasteiger partial charge in [-0.05, 0) is 33.0 Å². The maximum Gasteiger partial charge on any atom is 0.332 e. The lowest BCUT2D eigenvalue weighted by Crippen LogP contribution is -2.11. The Hall–Kier alpha value is -1.67. The molecule has 0 fully saturated rings. The van der Waals surface area contributed by atoms with Crippen molar-refractivity contribution in [1.29, 1.82) is 0 Å². The molecule has 0 aliphatic heterocycles. The lowest BCUT2D eigenvalue weighted by atomic mass is 10.6.